The fourth-order valence-corrected chi connectivity index (χ4v) is 2.64. The molecule has 2 heterocycles. The molecule has 1 aliphatic heterocycles. The zero-order valence-corrected chi connectivity index (χ0v) is 11.3. The Morgan fingerprint density at radius 3 is 3.00 bits per heavy atom. The van der Waals surface area contributed by atoms with Crippen LogP contribution in [0.1, 0.15) is 36.2 Å². The van der Waals surface area contributed by atoms with Gasteiger partial charge in [0.25, 0.3) is 5.91 Å². The van der Waals surface area contributed by atoms with Crippen molar-refractivity contribution < 1.29 is 9.21 Å². The van der Waals surface area contributed by atoms with Crippen LogP contribution < -0.4 is 5.73 Å². The molecule has 4 nitrogen and oxygen atoms in total. The van der Waals surface area contributed by atoms with Crippen molar-refractivity contribution in [3.05, 3.63) is 22.6 Å². The topological polar surface area (TPSA) is 59.5 Å². The molecule has 1 unspecified atom stereocenters. The van der Waals surface area contributed by atoms with Gasteiger partial charge in [-0.3, -0.25) is 4.79 Å². The molecule has 1 aromatic heterocycles. The standard InChI is InChI=1S/C12H17BrN2O2/c13-11-5-4-10(17-11)12(16)15-8-2-1-3-9(15)6-7-14/h4-5,9H,1-3,6-8,14H2. The number of furan rings is 1. The van der Waals surface area contributed by atoms with E-state index in [9.17, 15) is 4.79 Å². The minimum Gasteiger partial charge on any atom is -0.444 e. The Balaban J connectivity index is 2.10. The highest BCUT2D eigenvalue weighted by atomic mass is 79.9. The number of hydrogen-bond donors (Lipinski definition) is 1. The van der Waals surface area contributed by atoms with Crippen LogP contribution in [0.25, 0.3) is 0 Å². The predicted molar refractivity (Wildman–Crippen MR) is 68.8 cm³/mol. The minimum absolute atomic E-state index is 0.0196. The number of carbonyl (C=O) groups excluding carboxylic acids is 1. The molecule has 2 rings (SSSR count). The molecule has 0 bridgehead atoms. The molecule has 1 saturated heterocycles. The highest BCUT2D eigenvalue weighted by Gasteiger charge is 2.28. The first-order chi connectivity index (χ1) is 8.22. The van der Waals surface area contributed by atoms with Crippen molar-refractivity contribution in [2.45, 2.75) is 31.7 Å². The van der Waals surface area contributed by atoms with Crippen LogP contribution in [-0.4, -0.2) is 29.9 Å². The lowest BCUT2D eigenvalue weighted by Crippen LogP contribution is -2.44. The Bertz CT molecular complexity index is 390. The molecule has 1 amide bonds. The molecule has 1 aliphatic rings. The fraction of sp³-hybridized carbons (Fsp3) is 0.583. The predicted octanol–water partition coefficient (Wildman–Crippen LogP) is 2.39. The number of nitrogens with two attached hydrogens (primary N) is 1. The average Bonchev–Trinajstić information content (AvgIpc) is 2.76. The summed E-state index contributed by atoms with van der Waals surface area (Å²) in [4.78, 5) is 14.2. The molecule has 5 heteroatoms. The van der Waals surface area contributed by atoms with Crippen molar-refractivity contribution >= 4 is 21.8 Å². The van der Waals surface area contributed by atoms with Gasteiger partial charge in [0.15, 0.2) is 10.4 Å². The summed E-state index contributed by atoms with van der Waals surface area (Å²) in [5, 5.41) is 0. The number of carbonyl (C=O) groups is 1. The van der Waals surface area contributed by atoms with E-state index in [4.69, 9.17) is 10.2 Å². The molecule has 17 heavy (non-hydrogen) atoms. The molecule has 94 valence electrons. The maximum atomic E-state index is 12.3. The first-order valence-electron chi connectivity index (χ1n) is 5.98. The zero-order chi connectivity index (χ0) is 12.3. The van der Waals surface area contributed by atoms with Gasteiger partial charge >= 0.3 is 0 Å². The molecule has 0 saturated carbocycles. The molecular formula is C12H17BrN2O2. The minimum atomic E-state index is -0.0196. The van der Waals surface area contributed by atoms with E-state index < -0.39 is 0 Å². The molecule has 0 aromatic carbocycles. The third kappa shape index (κ3) is 2.90. The van der Waals surface area contributed by atoms with Gasteiger partial charge < -0.3 is 15.1 Å². The lowest BCUT2D eigenvalue weighted by Gasteiger charge is -2.35. The smallest absolute Gasteiger partial charge is 0.289 e. The van der Waals surface area contributed by atoms with E-state index in [1.54, 1.807) is 12.1 Å². The van der Waals surface area contributed by atoms with E-state index >= 15 is 0 Å². The quantitative estimate of drug-likeness (QED) is 0.932. The van der Waals surface area contributed by atoms with Crippen LogP contribution in [0.15, 0.2) is 21.2 Å². The Labute approximate surface area is 109 Å². The lowest BCUT2D eigenvalue weighted by atomic mass is 9.99. The summed E-state index contributed by atoms with van der Waals surface area (Å²) in [6, 6.07) is 3.72. The molecule has 0 radical (unpaired) electrons. The van der Waals surface area contributed by atoms with Gasteiger partial charge in [-0.1, -0.05) is 0 Å². The van der Waals surface area contributed by atoms with Crippen LogP contribution in [0.3, 0.4) is 0 Å². The first-order valence-corrected chi connectivity index (χ1v) is 6.78. The Hall–Kier alpha value is -0.810. The summed E-state index contributed by atoms with van der Waals surface area (Å²) in [5.74, 6) is 0.384. The number of likely N-dealkylation sites (tertiary alicyclic amines) is 1. The Kier molecular flexibility index (Phi) is 4.23. The van der Waals surface area contributed by atoms with Gasteiger partial charge in [-0.2, -0.15) is 0 Å². The van der Waals surface area contributed by atoms with E-state index in [0.717, 1.165) is 25.8 Å². The Morgan fingerprint density at radius 2 is 2.35 bits per heavy atom. The summed E-state index contributed by atoms with van der Waals surface area (Å²) in [6.45, 7) is 1.43. The van der Waals surface area contributed by atoms with Crippen molar-refractivity contribution in [3.8, 4) is 0 Å². The fourth-order valence-electron chi connectivity index (χ4n) is 2.33. The third-order valence-electron chi connectivity index (χ3n) is 3.17. The number of halogens is 1. The molecule has 1 fully saturated rings. The van der Waals surface area contributed by atoms with Crippen LogP contribution in [0.2, 0.25) is 0 Å². The third-order valence-corrected chi connectivity index (χ3v) is 3.60. The number of amides is 1. The summed E-state index contributed by atoms with van der Waals surface area (Å²) in [5.41, 5.74) is 5.60. The van der Waals surface area contributed by atoms with Crippen LogP contribution in [0.4, 0.5) is 0 Å². The van der Waals surface area contributed by atoms with Crippen molar-refractivity contribution in [2.75, 3.05) is 13.1 Å². The van der Waals surface area contributed by atoms with Gasteiger partial charge in [0.1, 0.15) is 0 Å². The van der Waals surface area contributed by atoms with E-state index in [-0.39, 0.29) is 11.9 Å². The number of hydrogen-bond acceptors (Lipinski definition) is 3. The van der Waals surface area contributed by atoms with E-state index in [1.165, 1.54) is 6.42 Å². The van der Waals surface area contributed by atoms with Crippen LogP contribution in [-0.2, 0) is 0 Å². The largest absolute Gasteiger partial charge is 0.444 e. The van der Waals surface area contributed by atoms with E-state index in [2.05, 4.69) is 15.9 Å². The van der Waals surface area contributed by atoms with Crippen LogP contribution >= 0.6 is 15.9 Å². The molecule has 1 atom stereocenters. The van der Waals surface area contributed by atoms with Crippen LogP contribution in [0, 0.1) is 0 Å². The molecular weight excluding hydrogens is 284 g/mol. The number of rotatable bonds is 3. The summed E-state index contributed by atoms with van der Waals surface area (Å²) >= 11 is 3.21. The first kappa shape index (κ1) is 12.6. The van der Waals surface area contributed by atoms with Crippen molar-refractivity contribution in [3.63, 3.8) is 0 Å². The van der Waals surface area contributed by atoms with E-state index in [0.29, 0.717) is 17.0 Å². The second kappa shape index (κ2) is 5.69. The second-order valence-corrected chi connectivity index (χ2v) is 5.11. The van der Waals surface area contributed by atoms with Crippen molar-refractivity contribution in [2.24, 2.45) is 5.73 Å². The van der Waals surface area contributed by atoms with Gasteiger partial charge in [-0.15, -0.1) is 0 Å². The number of nitrogens with zero attached hydrogens (tertiary/aromatic N) is 1. The molecule has 0 spiro atoms. The maximum Gasteiger partial charge on any atom is 0.289 e. The van der Waals surface area contributed by atoms with Crippen LogP contribution in [0.5, 0.6) is 0 Å². The van der Waals surface area contributed by atoms with Gasteiger partial charge in [0, 0.05) is 12.6 Å². The number of piperidine rings is 1. The van der Waals surface area contributed by atoms with E-state index in [1.807, 2.05) is 4.90 Å². The summed E-state index contributed by atoms with van der Waals surface area (Å²) < 4.78 is 5.91. The highest BCUT2D eigenvalue weighted by Crippen LogP contribution is 2.23. The van der Waals surface area contributed by atoms with Crippen molar-refractivity contribution in [1.29, 1.82) is 0 Å². The SMILES string of the molecule is NCCC1CCCCN1C(=O)c1ccc(Br)o1. The zero-order valence-electron chi connectivity index (χ0n) is 9.69. The van der Waals surface area contributed by atoms with Gasteiger partial charge in [-0.05, 0) is 60.3 Å². The van der Waals surface area contributed by atoms with Gasteiger partial charge in [-0.25, -0.2) is 0 Å². The lowest BCUT2D eigenvalue weighted by molar-refractivity contribution is 0.0571. The van der Waals surface area contributed by atoms with Gasteiger partial charge in [0.2, 0.25) is 0 Å². The summed E-state index contributed by atoms with van der Waals surface area (Å²) in [7, 11) is 0. The monoisotopic (exact) mass is 300 g/mol. The molecule has 0 aliphatic carbocycles. The normalized spacial score (nSPS) is 20.6. The molecule has 1 aromatic rings. The highest BCUT2D eigenvalue weighted by molar-refractivity contribution is 9.10. The van der Waals surface area contributed by atoms with Gasteiger partial charge in [0.05, 0.1) is 0 Å². The molecule has 2 N–H and O–H groups in total. The Morgan fingerprint density at radius 1 is 1.53 bits per heavy atom. The summed E-state index contributed by atoms with van der Waals surface area (Å²) in [6.07, 6.45) is 4.16. The average molecular weight is 301 g/mol. The second-order valence-electron chi connectivity index (χ2n) is 4.33. The van der Waals surface area contributed by atoms with Crippen molar-refractivity contribution in [1.82, 2.24) is 4.90 Å². The maximum absolute atomic E-state index is 12.3.